The molecule has 0 aliphatic heterocycles. The quantitative estimate of drug-likeness (QED) is 0.443. The van der Waals surface area contributed by atoms with E-state index in [1.807, 2.05) is 26.0 Å². The Labute approximate surface area is 192 Å². The number of carbonyl (C=O) groups is 2. The summed E-state index contributed by atoms with van der Waals surface area (Å²) in [6.07, 6.45) is 5.04. The van der Waals surface area contributed by atoms with E-state index >= 15 is 0 Å². The van der Waals surface area contributed by atoms with Crippen molar-refractivity contribution in [2.75, 3.05) is 20.3 Å². The number of hydrazone groups is 1. The summed E-state index contributed by atoms with van der Waals surface area (Å²) in [7, 11) is 1.49. The Morgan fingerprint density at radius 3 is 2.76 bits per heavy atom. The van der Waals surface area contributed by atoms with Gasteiger partial charge in [0.1, 0.15) is 5.82 Å². The van der Waals surface area contributed by atoms with Crippen molar-refractivity contribution in [2.45, 2.75) is 32.6 Å². The molecule has 0 radical (unpaired) electrons. The first-order valence-corrected chi connectivity index (χ1v) is 10.9. The zero-order valence-corrected chi connectivity index (χ0v) is 19.0. The normalized spacial score (nSPS) is 14.9. The van der Waals surface area contributed by atoms with Gasteiger partial charge in [-0.25, -0.2) is 9.82 Å². The van der Waals surface area contributed by atoms with Gasteiger partial charge in [-0.05, 0) is 66.6 Å². The maximum absolute atomic E-state index is 14.4. The van der Waals surface area contributed by atoms with Crippen molar-refractivity contribution >= 4 is 23.6 Å². The van der Waals surface area contributed by atoms with Crippen LogP contribution in [0.1, 0.15) is 54.1 Å². The molecule has 0 heterocycles. The second-order valence-corrected chi connectivity index (χ2v) is 7.48. The molecule has 0 spiro atoms. The Morgan fingerprint density at radius 1 is 1.21 bits per heavy atom. The summed E-state index contributed by atoms with van der Waals surface area (Å²) in [5, 5.41) is 6.52. The molecule has 8 heteroatoms. The first kappa shape index (κ1) is 24.0. The van der Waals surface area contributed by atoms with Crippen molar-refractivity contribution in [3.63, 3.8) is 0 Å². The first-order chi connectivity index (χ1) is 16.0. The Hall–Kier alpha value is -3.68. The minimum atomic E-state index is -0.486. The summed E-state index contributed by atoms with van der Waals surface area (Å²) in [5.74, 6) is -0.0469. The summed E-state index contributed by atoms with van der Waals surface area (Å²) in [6, 6.07) is 9.76. The lowest BCUT2D eigenvalue weighted by Crippen LogP contribution is -2.34. The monoisotopic (exact) mass is 453 g/mol. The van der Waals surface area contributed by atoms with Crippen LogP contribution in [0.3, 0.4) is 0 Å². The van der Waals surface area contributed by atoms with Gasteiger partial charge in [-0.3, -0.25) is 9.59 Å². The molecular weight excluding hydrogens is 425 g/mol. The van der Waals surface area contributed by atoms with Crippen LogP contribution in [-0.4, -0.2) is 38.3 Å². The molecule has 1 atom stereocenters. The van der Waals surface area contributed by atoms with Crippen molar-refractivity contribution in [2.24, 2.45) is 5.10 Å². The van der Waals surface area contributed by atoms with Crippen LogP contribution >= 0.6 is 0 Å². The highest BCUT2D eigenvalue weighted by Crippen LogP contribution is 2.37. The van der Waals surface area contributed by atoms with E-state index in [1.165, 1.54) is 19.4 Å². The van der Waals surface area contributed by atoms with E-state index < -0.39 is 11.8 Å². The van der Waals surface area contributed by atoms with Gasteiger partial charge in [0.25, 0.3) is 11.8 Å². The zero-order chi connectivity index (χ0) is 23.8. The predicted molar refractivity (Wildman–Crippen MR) is 125 cm³/mol. The average Bonchev–Trinajstić information content (AvgIpc) is 2.83. The second-order valence-electron chi connectivity index (χ2n) is 7.48. The van der Waals surface area contributed by atoms with Crippen molar-refractivity contribution in [1.29, 1.82) is 0 Å². The maximum Gasteiger partial charge on any atom is 0.259 e. The van der Waals surface area contributed by atoms with Crippen LogP contribution < -0.4 is 20.2 Å². The molecule has 2 aromatic carbocycles. The van der Waals surface area contributed by atoms with E-state index in [2.05, 4.69) is 15.8 Å². The maximum atomic E-state index is 14.4. The van der Waals surface area contributed by atoms with Crippen LogP contribution in [0.25, 0.3) is 5.57 Å². The van der Waals surface area contributed by atoms with Gasteiger partial charge in [0.05, 0.1) is 26.5 Å². The number of amides is 2. The van der Waals surface area contributed by atoms with E-state index in [0.29, 0.717) is 35.7 Å². The standard InChI is InChI=1S/C25H28FN3O4/c1-4-16-9-10-18(19-7-6-8-20(26)24(16)19)14-28-29-23(30)15-27-25(31)17-11-12-21(33-5-2)22(13-17)32-3/h6-8,10-14,16H,4-5,9,15H2,1-3H3,(H,27,31)(H,29,30)/b28-14+. The Balaban J connectivity index is 1.56. The smallest absolute Gasteiger partial charge is 0.259 e. The number of halogens is 1. The topological polar surface area (TPSA) is 89.0 Å². The summed E-state index contributed by atoms with van der Waals surface area (Å²) >= 11 is 0. The van der Waals surface area contributed by atoms with Gasteiger partial charge >= 0.3 is 0 Å². The third-order valence-electron chi connectivity index (χ3n) is 5.42. The number of rotatable bonds is 9. The lowest BCUT2D eigenvalue weighted by atomic mass is 9.81. The molecule has 174 valence electrons. The number of fused-ring (bicyclic) bond motifs is 1. The molecule has 0 aromatic heterocycles. The molecule has 2 amide bonds. The molecule has 0 saturated carbocycles. The van der Waals surface area contributed by atoms with Crippen molar-refractivity contribution in [3.8, 4) is 11.5 Å². The molecule has 3 rings (SSSR count). The minimum Gasteiger partial charge on any atom is -0.493 e. The Bertz CT molecular complexity index is 1080. The number of ether oxygens (including phenoxy) is 2. The van der Waals surface area contributed by atoms with Crippen LogP contribution in [0.2, 0.25) is 0 Å². The molecule has 0 saturated heterocycles. The lowest BCUT2D eigenvalue weighted by molar-refractivity contribution is -0.120. The van der Waals surface area contributed by atoms with E-state index in [-0.39, 0.29) is 18.3 Å². The zero-order valence-electron chi connectivity index (χ0n) is 19.0. The number of nitrogens with zero attached hydrogens (tertiary/aromatic N) is 1. The van der Waals surface area contributed by atoms with E-state index in [1.54, 1.807) is 24.3 Å². The van der Waals surface area contributed by atoms with Gasteiger partial charge in [0.15, 0.2) is 11.5 Å². The number of carbonyl (C=O) groups excluding carboxylic acids is 2. The molecule has 7 nitrogen and oxygen atoms in total. The van der Waals surface area contributed by atoms with Crippen LogP contribution in [-0.2, 0) is 4.79 Å². The molecule has 0 fully saturated rings. The van der Waals surface area contributed by atoms with Crippen molar-refractivity contribution in [3.05, 3.63) is 65.0 Å². The van der Waals surface area contributed by atoms with Crippen LogP contribution in [0.5, 0.6) is 11.5 Å². The molecule has 1 aliphatic rings. The average molecular weight is 454 g/mol. The number of benzene rings is 2. The Morgan fingerprint density at radius 2 is 2.03 bits per heavy atom. The van der Waals surface area contributed by atoms with Crippen LogP contribution in [0, 0.1) is 5.82 Å². The predicted octanol–water partition coefficient (Wildman–Crippen LogP) is 4.05. The number of nitrogens with one attached hydrogen (secondary N) is 2. The fourth-order valence-electron chi connectivity index (χ4n) is 3.75. The van der Waals surface area contributed by atoms with E-state index in [9.17, 15) is 14.0 Å². The van der Waals surface area contributed by atoms with Gasteiger partial charge in [-0.15, -0.1) is 0 Å². The van der Waals surface area contributed by atoms with Gasteiger partial charge < -0.3 is 14.8 Å². The highest BCUT2D eigenvalue weighted by Gasteiger charge is 2.22. The third kappa shape index (κ3) is 5.77. The summed E-state index contributed by atoms with van der Waals surface area (Å²) < 4.78 is 25.0. The summed E-state index contributed by atoms with van der Waals surface area (Å²) in [5.41, 5.74) is 4.95. The third-order valence-corrected chi connectivity index (χ3v) is 5.42. The molecule has 0 bridgehead atoms. The van der Waals surface area contributed by atoms with Gasteiger partial charge in [0, 0.05) is 5.56 Å². The fourth-order valence-corrected chi connectivity index (χ4v) is 3.75. The molecule has 2 N–H and O–H groups in total. The summed E-state index contributed by atoms with van der Waals surface area (Å²) in [6.45, 7) is 4.10. The second kappa shape index (κ2) is 11.3. The van der Waals surface area contributed by atoms with Crippen molar-refractivity contribution in [1.82, 2.24) is 10.7 Å². The fraction of sp³-hybridized carbons (Fsp3) is 0.320. The Kier molecular flexibility index (Phi) is 8.18. The van der Waals surface area contributed by atoms with Crippen molar-refractivity contribution < 1.29 is 23.5 Å². The highest BCUT2D eigenvalue weighted by atomic mass is 19.1. The number of hydrogen-bond donors (Lipinski definition) is 2. The number of methoxy groups -OCH3 is 1. The number of hydrogen-bond acceptors (Lipinski definition) is 5. The molecule has 1 unspecified atom stereocenters. The lowest BCUT2D eigenvalue weighted by Gasteiger charge is -2.23. The largest absolute Gasteiger partial charge is 0.493 e. The highest BCUT2D eigenvalue weighted by molar-refractivity contribution is 6.11. The van der Waals surface area contributed by atoms with E-state index in [0.717, 1.165) is 17.6 Å². The van der Waals surface area contributed by atoms with Crippen LogP contribution in [0.4, 0.5) is 4.39 Å². The van der Waals surface area contributed by atoms with Gasteiger partial charge in [-0.2, -0.15) is 5.10 Å². The molecule has 33 heavy (non-hydrogen) atoms. The minimum absolute atomic E-state index is 0.129. The first-order valence-electron chi connectivity index (χ1n) is 10.9. The number of allylic oxidation sites excluding steroid dienone is 2. The van der Waals surface area contributed by atoms with Crippen LogP contribution in [0.15, 0.2) is 47.6 Å². The molecule has 1 aliphatic carbocycles. The van der Waals surface area contributed by atoms with Gasteiger partial charge in [0.2, 0.25) is 0 Å². The molecular formula is C25H28FN3O4. The SMILES string of the molecule is CCOc1ccc(C(=O)NCC(=O)N/N=C/C2=CCC(CC)c3c(F)cccc32)cc1OC. The molecule has 2 aromatic rings. The van der Waals surface area contributed by atoms with E-state index in [4.69, 9.17) is 9.47 Å². The van der Waals surface area contributed by atoms with Gasteiger partial charge in [-0.1, -0.05) is 25.1 Å². The summed E-state index contributed by atoms with van der Waals surface area (Å²) in [4.78, 5) is 24.5.